The van der Waals surface area contributed by atoms with Crippen LogP contribution in [0.15, 0.2) is 70.6 Å². The third-order valence-electron chi connectivity index (χ3n) is 4.34. The number of halogens is 4. The molecule has 0 N–H and O–H groups in total. The van der Waals surface area contributed by atoms with Crippen LogP contribution in [0.1, 0.15) is 22.8 Å². The maximum absolute atomic E-state index is 6.26. The predicted octanol–water partition coefficient (Wildman–Crippen LogP) is 8.66. The molecule has 0 spiro atoms. The summed E-state index contributed by atoms with van der Waals surface area (Å²) in [7, 11) is 0. The van der Waals surface area contributed by atoms with Crippen molar-refractivity contribution < 1.29 is 0 Å². The summed E-state index contributed by atoms with van der Waals surface area (Å²) in [5, 5.41) is 2.31. The predicted molar refractivity (Wildman–Crippen MR) is 119 cm³/mol. The zero-order chi connectivity index (χ0) is 19.0. The average Bonchev–Trinajstić information content (AvgIpc) is 2.86. The van der Waals surface area contributed by atoms with Gasteiger partial charge in [0.15, 0.2) is 0 Å². The van der Waals surface area contributed by atoms with Crippen LogP contribution < -0.4 is 0 Å². The summed E-state index contributed by atoms with van der Waals surface area (Å²) in [6.45, 7) is 0. The summed E-state index contributed by atoms with van der Waals surface area (Å²) < 4.78 is 0. The van der Waals surface area contributed by atoms with E-state index in [2.05, 4.69) is 6.07 Å². The second-order valence-electron chi connectivity index (χ2n) is 6.14. The van der Waals surface area contributed by atoms with Gasteiger partial charge in [0.1, 0.15) is 0 Å². The average molecular weight is 453 g/mol. The molecule has 1 heterocycles. The molecule has 0 amide bonds. The SMILES string of the molecule is Clc1ccc(C2=Nc3ccccc3S[C@H](c3ccc(Cl)c(Cl)c3)C2)cc1Cl. The van der Waals surface area contributed by atoms with Gasteiger partial charge in [-0.25, -0.2) is 0 Å². The molecule has 0 unspecified atom stereocenters. The van der Waals surface area contributed by atoms with Crippen LogP contribution in [0.25, 0.3) is 0 Å². The lowest BCUT2D eigenvalue weighted by molar-refractivity contribution is 1.01. The van der Waals surface area contributed by atoms with E-state index in [0.717, 1.165) is 33.8 Å². The highest BCUT2D eigenvalue weighted by Gasteiger charge is 2.23. The van der Waals surface area contributed by atoms with Crippen LogP contribution >= 0.6 is 58.2 Å². The molecular weight excluding hydrogens is 440 g/mol. The second-order valence-corrected chi connectivity index (χ2v) is 9.01. The van der Waals surface area contributed by atoms with Gasteiger partial charge in [0.25, 0.3) is 0 Å². The maximum Gasteiger partial charge on any atom is 0.0769 e. The van der Waals surface area contributed by atoms with E-state index in [1.165, 1.54) is 0 Å². The van der Waals surface area contributed by atoms with Gasteiger partial charge in [0.2, 0.25) is 0 Å². The Labute approximate surface area is 182 Å². The standard InChI is InChI=1S/C21H13Cl4NS/c22-14-7-5-12(9-16(14)24)19-11-21(13-6-8-15(23)17(25)10-13)27-20-4-2-1-3-18(20)26-19/h1-10,21H,11H2/t21-/m0/s1. The summed E-state index contributed by atoms with van der Waals surface area (Å²) >= 11 is 26.5. The van der Waals surface area contributed by atoms with Crippen LogP contribution in [0.3, 0.4) is 0 Å². The van der Waals surface area contributed by atoms with E-state index in [1.807, 2.05) is 48.5 Å². The zero-order valence-corrected chi connectivity index (χ0v) is 17.8. The molecule has 3 aromatic carbocycles. The van der Waals surface area contributed by atoms with Crippen molar-refractivity contribution in [2.75, 3.05) is 0 Å². The molecule has 1 aliphatic rings. The Morgan fingerprint density at radius 1 is 0.778 bits per heavy atom. The number of hydrogen-bond donors (Lipinski definition) is 0. The first-order valence-electron chi connectivity index (χ1n) is 8.25. The van der Waals surface area contributed by atoms with Crippen molar-refractivity contribution in [1.29, 1.82) is 0 Å². The van der Waals surface area contributed by atoms with E-state index in [9.17, 15) is 0 Å². The molecule has 1 aliphatic heterocycles. The molecule has 4 rings (SSSR count). The van der Waals surface area contributed by atoms with Crippen molar-refractivity contribution in [1.82, 2.24) is 0 Å². The lowest BCUT2D eigenvalue weighted by Gasteiger charge is -2.17. The molecule has 27 heavy (non-hydrogen) atoms. The number of thioether (sulfide) groups is 1. The minimum absolute atomic E-state index is 0.150. The van der Waals surface area contributed by atoms with Crippen molar-refractivity contribution >= 4 is 69.6 Å². The fraction of sp³-hybridized carbons (Fsp3) is 0.0952. The van der Waals surface area contributed by atoms with Crippen LogP contribution in [0.4, 0.5) is 5.69 Å². The van der Waals surface area contributed by atoms with Gasteiger partial charge in [-0.1, -0.05) is 70.7 Å². The zero-order valence-electron chi connectivity index (χ0n) is 13.9. The van der Waals surface area contributed by atoms with Crippen LogP contribution in [0.5, 0.6) is 0 Å². The molecule has 0 saturated heterocycles. The van der Waals surface area contributed by atoms with Crippen molar-refractivity contribution in [3.05, 3.63) is 91.9 Å². The highest BCUT2D eigenvalue weighted by Crippen LogP contribution is 2.46. The molecule has 1 atom stereocenters. The van der Waals surface area contributed by atoms with Crippen molar-refractivity contribution in [3.8, 4) is 0 Å². The number of fused-ring (bicyclic) bond motifs is 1. The molecule has 0 aliphatic carbocycles. The molecule has 1 nitrogen and oxygen atoms in total. The Bertz CT molecular complexity index is 1050. The Balaban J connectivity index is 1.81. The van der Waals surface area contributed by atoms with Crippen molar-refractivity contribution in [3.63, 3.8) is 0 Å². The fourth-order valence-electron chi connectivity index (χ4n) is 2.97. The first-order chi connectivity index (χ1) is 13.0. The fourth-order valence-corrected chi connectivity index (χ4v) is 4.79. The van der Waals surface area contributed by atoms with Gasteiger partial charge >= 0.3 is 0 Å². The van der Waals surface area contributed by atoms with E-state index in [1.54, 1.807) is 17.8 Å². The van der Waals surface area contributed by atoms with E-state index < -0.39 is 0 Å². The number of nitrogens with zero attached hydrogens (tertiary/aromatic N) is 1. The van der Waals surface area contributed by atoms with Crippen LogP contribution in [0, 0.1) is 0 Å². The third-order valence-corrected chi connectivity index (χ3v) is 7.14. The first kappa shape index (κ1) is 19.2. The minimum Gasteiger partial charge on any atom is -0.252 e. The highest BCUT2D eigenvalue weighted by molar-refractivity contribution is 7.99. The third kappa shape index (κ3) is 4.16. The van der Waals surface area contributed by atoms with Crippen molar-refractivity contribution in [2.45, 2.75) is 16.6 Å². The van der Waals surface area contributed by atoms with Gasteiger partial charge < -0.3 is 0 Å². The Hall–Kier alpha value is -1.16. The van der Waals surface area contributed by atoms with Gasteiger partial charge in [-0.2, -0.15) is 0 Å². The first-order valence-corrected chi connectivity index (χ1v) is 10.6. The van der Waals surface area contributed by atoms with Crippen LogP contribution in [-0.2, 0) is 0 Å². The second kappa shape index (κ2) is 8.06. The summed E-state index contributed by atoms with van der Waals surface area (Å²) in [5.41, 5.74) is 3.99. The summed E-state index contributed by atoms with van der Waals surface area (Å²) in [5.74, 6) is 0. The number of benzene rings is 3. The summed E-state index contributed by atoms with van der Waals surface area (Å²) in [6, 6.07) is 19.6. The Kier molecular flexibility index (Phi) is 5.73. The molecule has 0 aromatic heterocycles. The number of rotatable bonds is 2. The Morgan fingerprint density at radius 3 is 2.22 bits per heavy atom. The molecule has 136 valence electrons. The van der Waals surface area contributed by atoms with Gasteiger partial charge in [0, 0.05) is 22.3 Å². The number of aliphatic imine (C=N–C) groups is 1. The van der Waals surface area contributed by atoms with Crippen molar-refractivity contribution in [2.24, 2.45) is 4.99 Å². The van der Waals surface area contributed by atoms with Gasteiger partial charge in [-0.3, -0.25) is 4.99 Å². The molecule has 3 aromatic rings. The Morgan fingerprint density at radius 2 is 1.48 bits per heavy atom. The normalized spacial score (nSPS) is 16.4. The quantitative estimate of drug-likeness (QED) is 0.378. The summed E-state index contributed by atoms with van der Waals surface area (Å²) in [6.07, 6.45) is 0.731. The molecule has 6 heteroatoms. The lowest BCUT2D eigenvalue weighted by atomic mass is 10.0. The molecule has 0 fully saturated rings. The maximum atomic E-state index is 6.26. The van der Waals surface area contributed by atoms with Crippen LogP contribution in [-0.4, -0.2) is 5.71 Å². The van der Waals surface area contributed by atoms with Gasteiger partial charge in [0.05, 0.1) is 25.8 Å². The lowest BCUT2D eigenvalue weighted by Crippen LogP contribution is -2.05. The summed E-state index contributed by atoms with van der Waals surface area (Å²) in [4.78, 5) is 6.06. The van der Waals surface area contributed by atoms with E-state index in [0.29, 0.717) is 20.1 Å². The molecule has 0 bridgehead atoms. The monoisotopic (exact) mass is 451 g/mol. The number of hydrogen-bond acceptors (Lipinski definition) is 2. The van der Waals surface area contributed by atoms with E-state index >= 15 is 0 Å². The minimum atomic E-state index is 0.150. The smallest absolute Gasteiger partial charge is 0.0769 e. The highest BCUT2D eigenvalue weighted by atomic mass is 35.5. The molecule has 0 saturated carbocycles. The van der Waals surface area contributed by atoms with E-state index in [-0.39, 0.29) is 5.25 Å². The van der Waals surface area contributed by atoms with E-state index in [4.69, 9.17) is 51.4 Å². The van der Waals surface area contributed by atoms with Gasteiger partial charge in [-0.05, 0) is 47.5 Å². The van der Waals surface area contributed by atoms with Gasteiger partial charge in [-0.15, -0.1) is 11.8 Å². The molecular formula is C21H13Cl4NS. The topological polar surface area (TPSA) is 12.4 Å². The largest absolute Gasteiger partial charge is 0.252 e. The van der Waals surface area contributed by atoms with Crippen LogP contribution in [0.2, 0.25) is 20.1 Å². The number of para-hydroxylation sites is 1. The molecule has 0 radical (unpaired) electrons.